The van der Waals surface area contributed by atoms with Crippen LogP contribution in [0.15, 0.2) is 101 Å². The number of nitrogens with one attached hydrogen (secondary N) is 2. The largest absolute Gasteiger partial charge is 0.465 e. The third-order valence-electron chi connectivity index (χ3n) is 5.90. The molecule has 202 valence electrons. The predicted molar refractivity (Wildman–Crippen MR) is 149 cm³/mol. The van der Waals surface area contributed by atoms with Gasteiger partial charge in [-0.25, -0.2) is 16.8 Å². The monoisotopic (exact) mass is 566 g/mol. The number of ketones is 1. The second-order valence-electron chi connectivity index (χ2n) is 8.57. The summed E-state index contributed by atoms with van der Waals surface area (Å²) in [4.78, 5) is 25.7. The van der Waals surface area contributed by atoms with Crippen molar-refractivity contribution >= 4 is 53.9 Å². The van der Waals surface area contributed by atoms with Gasteiger partial charge in [0.25, 0.3) is 20.0 Å². The highest BCUT2D eigenvalue weighted by Crippen LogP contribution is 2.40. The van der Waals surface area contributed by atoms with Crippen LogP contribution in [0.25, 0.3) is 10.8 Å². The highest BCUT2D eigenvalue weighted by atomic mass is 32.2. The minimum absolute atomic E-state index is 0.00185. The lowest BCUT2D eigenvalue weighted by Crippen LogP contribution is -2.25. The molecule has 0 aliphatic rings. The Morgan fingerprint density at radius 2 is 1.23 bits per heavy atom. The smallest absolute Gasteiger partial charge is 0.321 e. The number of hydrogen-bond donors (Lipinski definition) is 2. The molecule has 0 fully saturated rings. The molecule has 0 unspecified atom stereocenters. The first kappa shape index (κ1) is 27.8. The summed E-state index contributed by atoms with van der Waals surface area (Å²) in [5, 5.41) is 0.619. The van der Waals surface area contributed by atoms with Crippen LogP contribution >= 0.6 is 0 Å². The first-order valence-corrected chi connectivity index (χ1v) is 14.9. The fourth-order valence-corrected chi connectivity index (χ4v) is 6.38. The Morgan fingerprint density at radius 3 is 1.74 bits per heavy atom. The van der Waals surface area contributed by atoms with Crippen LogP contribution in [-0.2, 0) is 34.4 Å². The average Bonchev–Trinajstić information content (AvgIpc) is 2.91. The summed E-state index contributed by atoms with van der Waals surface area (Å²) in [5.74, 6) is -3.03. The van der Waals surface area contributed by atoms with E-state index in [4.69, 9.17) is 4.74 Å². The van der Waals surface area contributed by atoms with Crippen LogP contribution < -0.4 is 9.44 Å². The molecule has 39 heavy (non-hydrogen) atoms. The highest BCUT2D eigenvalue weighted by Gasteiger charge is 2.33. The van der Waals surface area contributed by atoms with Crippen molar-refractivity contribution in [1.82, 2.24) is 0 Å². The second kappa shape index (κ2) is 11.3. The molecule has 11 heteroatoms. The summed E-state index contributed by atoms with van der Waals surface area (Å²) in [6, 6.07) is 23.0. The van der Waals surface area contributed by atoms with Crippen molar-refractivity contribution < 1.29 is 31.2 Å². The Hall–Kier alpha value is -4.22. The summed E-state index contributed by atoms with van der Waals surface area (Å²) >= 11 is 0. The molecule has 0 bridgehead atoms. The van der Waals surface area contributed by atoms with Crippen LogP contribution in [0.2, 0.25) is 0 Å². The van der Waals surface area contributed by atoms with E-state index in [1.165, 1.54) is 37.3 Å². The van der Waals surface area contributed by atoms with Crippen LogP contribution in [0.4, 0.5) is 11.4 Å². The predicted octanol–water partition coefficient (Wildman–Crippen LogP) is 4.68. The van der Waals surface area contributed by atoms with E-state index in [9.17, 15) is 26.4 Å². The van der Waals surface area contributed by atoms with E-state index in [-0.39, 0.29) is 38.7 Å². The molecule has 9 nitrogen and oxygen atoms in total. The van der Waals surface area contributed by atoms with Crippen LogP contribution in [-0.4, -0.2) is 35.2 Å². The fourth-order valence-electron chi connectivity index (χ4n) is 4.16. The number of benzene rings is 4. The number of hydrogen-bond acceptors (Lipinski definition) is 7. The highest BCUT2D eigenvalue weighted by molar-refractivity contribution is 7.93. The van der Waals surface area contributed by atoms with Gasteiger partial charge in [0.1, 0.15) is 11.7 Å². The van der Waals surface area contributed by atoms with Gasteiger partial charge in [-0.1, -0.05) is 60.7 Å². The van der Waals surface area contributed by atoms with Gasteiger partial charge in [0.05, 0.1) is 27.8 Å². The molecule has 1 atom stereocenters. The molecular formula is C28H26N2O7S2. The van der Waals surface area contributed by atoms with Crippen molar-refractivity contribution in [3.05, 3.63) is 96.6 Å². The molecular weight excluding hydrogens is 540 g/mol. The zero-order valence-corrected chi connectivity index (χ0v) is 22.8. The van der Waals surface area contributed by atoms with Gasteiger partial charge in [0, 0.05) is 16.3 Å². The molecule has 0 saturated carbocycles. The average molecular weight is 567 g/mol. The van der Waals surface area contributed by atoms with E-state index in [1.807, 2.05) is 0 Å². The second-order valence-corrected chi connectivity index (χ2v) is 11.9. The fraction of sp³-hybridized carbons (Fsp3) is 0.143. The number of esters is 1. The molecule has 0 aliphatic heterocycles. The maximum Gasteiger partial charge on any atom is 0.321 e. The number of fused-ring (bicyclic) bond motifs is 1. The van der Waals surface area contributed by atoms with Gasteiger partial charge in [0.2, 0.25) is 0 Å². The topological polar surface area (TPSA) is 136 Å². The molecule has 0 aliphatic carbocycles. The maximum atomic E-state index is 13.4. The van der Waals surface area contributed by atoms with Crippen LogP contribution in [0, 0.1) is 0 Å². The molecule has 0 aromatic heterocycles. The number of sulfonamides is 2. The summed E-state index contributed by atoms with van der Waals surface area (Å²) in [5.41, 5.74) is -0.0297. The summed E-state index contributed by atoms with van der Waals surface area (Å²) in [7, 11) is -8.25. The SMILES string of the molecule is CCOC(=O)[C@@H](C(C)=O)c1cc(NS(=O)(=O)c2ccccc2)c2ccccc2c1NS(=O)(=O)c1ccccc1. The minimum atomic E-state index is -4.17. The van der Waals surface area contributed by atoms with E-state index < -0.39 is 37.7 Å². The number of anilines is 2. The minimum Gasteiger partial charge on any atom is -0.465 e. The number of carbonyl (C=O) groups excluding carboxylic acids is 2. The normalized spacial score (nSPS) is 12.5. The van der Waals surface area contributed by atoms with E-state index in [0.717, 1.165) is 0 Å². The molecule has 2 N–H and O–H groups in total. The summed E-state index contributed by atoms with van der Waals surface area (Å²) in [6.45, 7) is 2.74. The number of carbonyl (C=O) groups is 2. The molecule has 4 aromatic rings. The third-order valence-corrected chi connectivity index (χ3v) is 8.65. The lowest BCUT2D eigenvalue weighted by Gasteiger charge is -2.22. The standard InChI is InChI=1S/C28H26N2O7S2/c1-3-37-28(32)26(19(2)31)24-18-25(29-38(33,34)20-12-6-4-7-13-20)22-16-10-11-17-23(22)27(24)30-39(35,36)21-14-8-5-9-15-21/h4-18,26,29-30H,3H2,1-2H3/t26-/m0/s1. The van der Waals surface area contributed by atoms with Crippen molar-refractivity contribution in [3.8, 4) is 0 Å². The van der Waals surface area contributed by atoms with Crippen molar-refractivity contribution in [2.24, 2.45) is 0 Å². The van der Waals surface area contributed by atoms with E-state index in [2.05, 4.69) is 9.44 Å². The van der Waals surface area contributed by atoms with E-state index in [0.29, 0.717) is 5.39 Å². The van der Waals surface area contributed by atoms with Crippen molar-refractivity contribution in [1.29, 1.82) is 0 Å². The third kappa shape index (κ3) is 5.94. The lowest BCUT2D eigenvalue weighted by molar-refractivity contribution is -0.147. The van der Waals surface area contributed by atoms with Gasteiger partial charge in [-0.2, -0.15) is 0 Å². The Balaban J connectivity index is 1.99. The first-order chi connectivity index (χ1) is 18.5. The van der Waals surface area contributed by atoms with Gasteiger partial charge in [-0.05, 0) is 44.2 Å². The molecule has 4 rings (SSSR count). The first-order valence-electron chi connectivity index (χ1n) is 11.9. The Bertz CT molecular complexity index is 1740. The maximum absolute atomic E-state index is 13.4. The quantitative estimate of drug-likeness (QED) is 0.210. The zero-order chi connectivity index (χ0) is 28.2. The summed E-state index contributed by atoms with van der Waals surface area (Å²) in [6.07, 6.45) is 0. The summed E-state index contributed by atoms with van der Waals surface area (Å²) < 4.78 is 63.4. The molecule has 0 amide bonds. The van der Waals surface area contributed by atoms with E-state index >= 15 is 0 Å². The Labute approximate surface area is 226 Å². The van der Waals surface area contributed by atoms with Crippen molar-refractivity contribution in [2.45, 2.75) is 29.6 Å². The van der Waals surface area contributed by atoms with E-state index in [1.54, 1.807) is 67.6 Å². The molecule has 0 spiro atoms. The molecule has 0 radical (unpaired) electrons. The van der Waals surface area contributed by atoms with Gasteiger partial charge in [-0.15, -0.1) is 0 Å². The van der Waals surface area contributed by atoms with Crippen LogP contribution in [0.3, 0.4) is 0 Å². The molecule has 0 saturated heterocycles. The van der Waals surface area contributed by atoms with Crippen LogP contribution in [0.5, 0.6) is 0 Å². The van der Waals surface area contributed by atoms with Gasteiger partial charge in [0.15, 0.2) is 0 Å². The van der Waals surface area contributed by atoms with Crippen molar-refractivity contribution in [3.63, 3.8) is 0 Å². The Morgan fingerprint density at radius 1 is 0.744 bits per heavy atom. The van der Waals surface area contributed by atoms with Crippen molar-refractivity contribution in [2.75, 3.05) is 16.1 Å². The Kier molecular flexibility index (Phi) is 8.03. The lowest BCUT2D eigenvalue weighted by atomic mass is 9.90. The number of Topliss-reactive ketones (excluding diaryl/α,β-unsaturated/α-hetero) is 1. The molecule has 4 aromatic carbocycles. The van der Waals surface area contributed by atoms with Crippen LogP contribution in [0.1, 0.15) is 25.3 Å². The van der Waals surface area contributed by atoms with Gasteiger partial charge in [-0.3, -0.25) is 19.0 Å². The zero-order valence-electron chi connectivity index (χ0n) is 21.1. The number of rotatable bonds is 10. The number of ether oxygens (including phenoxy) is 1. The molecule has 0 heterocycles. The van der Waals surface area contributed by atoms with Gasteiger partial charge < -0.3 is 4.74 Å². The van der Waals surface area contributed by atoms with Gasteiger partial charge >= 0.3 is 5.97 Å².